The predicted molar refractivity (Wildman–Crippen MR) is 113 cm³/mol. The van der Waals surface area contributed by atoms with Crippen LogP contribution in [-0.4, -0.2) is 39.8 Å². The number of aromatic hydroxyl groups is 1. The summed E-state index contributed by atoms with van der Waals surface area (Å²) in [6.45, 7) is -0.235. The van der Waals surface area contributed by atoms with E-state index in [2.05, 4.69) is 10.9 Å². The molecule has 1 saturated heterocycles. The predicted octanol–water partition coefficient (Wildman–Crippen LogP) is 2.75. The average Bonchev–Trinajstić information content (AvgIpc) is 2.95. The Labute approximate surface area is 171 Å². The normalized spacial score (nSPS) is 15.0. The highest BCUT2D eigenvalue weighted by atomic mass is 32.2. The number of carbonyl (C=O) groups is 2. The molecule has 0 saturated carbocycles. The molecule has 0 spiro atoms. The van der Waals surface area contributed by atoms with E-state index in [1.807, 2.05) is 18.2 Å². The van der Waals surface area contributed by atoms with Gasteiger partial charge in [0.25, 0.3) is 11.8 Å². The lowest BCUT2D eigenvalue weighted by Crippen LogP contribution is -2.41. The molecule has 0 aromatic heterocycles. The van der Waals surface area contributed by atoms with Crippen molar-refractivity contribution < 1.29 is 19.4 Å². The van der Waals surface area contributed by atoms with Gasteiger partial charge in [0.15, 0.2) is 0 Å². The molecule has 1 aliphatic heterocycles. The Bertz CT molecular complexity index is 962. The molecule has 3 rings (SSSR count). The number of thiocarbonyl (C=S) groups is 1. The van der Waals surface area contributed by atoms with Gasteiger partial charge in [-0.05, 0) is 35.9 Å². The number of hydrazine groups is 1. The minimum Gasteiger partial charge on any atom is -0.506 e. The number of methoxy groups -OCH3 is 1. The maximum Gasteiger partial charge on any atom is 0.266 e. The number of hydrogen-bond acceptors (Lipinski definition) is 7. The van der Waals surface area contributed by atoms with Crippen molar-refractivity contribution in [1.29, 1.82) is 0 Å². The first-order chi connectivity index (χ1) is 13.5. The molecule has 0 atom stereocenters. The summed E-state index contributed by atoms with van der Waals surface area (Å²) in [5.74, 6) is -0.133. The van der Waals surface area contributed by atoms with Gasteiger partial charge < -0.3 is 9.84 Å². The highest BCUT2D eigenvalue weighted by Crippen LogP contribution is 2.32. The zero-order chi connectivity index (χ0) is 20.1. The lowest BCUT2D eigenvalue weighted by Gasteiger charge is -2.15. The van der Waals surface area contributed by atoms with Gasteiger partial charge in [0.2, 0.25) is 0 Å². The molecular formula is C19H17N3O4S2. The first kappa shape index (κ1) is 19.7. The third-order valence-corrected chi connectivity index (χ3v) is 5.19. The van der Waals surface area contributed by atoms with Gasteiger partial charge in [-0.25, -0.2) is 0 Å². The van der Waals surface area contributed by atoms with Gasteiger partial charge in [0.1, 0.15) is 22.4 Å². The number of rotatable bonds is 6. The van der Waals surface area contributed by atoms with Crippen molar-refractivity contribution in [2.24, 2.45) is 0 Å². The van der Waals surface area contributed by atoms with Crippen molar-refractivity contribution in [1.82, 2.24) is 10.3 Å². The van der Waals surface area contributed by atoms with E-state index in [9.17, 15) is 14.7 Å². The summed E-state index contributed by atoms with van der Waals surface area (Å²) < 4.78 is 5.48. The van der Waals surface area contributed by atoms with Gasteiger partial charge >= 0.3 is 0 Å². The van der Waals surface area contributed by atoms with Crippen molar-refractivity contribution >= 4 is 51.9 Å². The van der Waals surface area contributed by atoms with E-state index in [1.165, 1.54) is 11.0 Å². The van der Waals surface area contributed by atoms with E-state index in [0.29, 0.717) is 20.7 Å². The van der Waals surface area contributed by atoms with E-state index in [-0.39, 0.29) is 18.2 Å². The number of benzene rings is 2. The van der Waals surface area contributed by atoms with E-state index < -0.39 is 5.91 Å². The number of ether oxygens (including phenoxy) is 1. The second kappa shape index (κ2) is 8.77. The van der Waals surface area contributed by atoms with Crippen molar-refractivity contribution in [2.45, 2.75) is 0 Å². The number of hydrogen-bond donors (Lipinski definition) is 3. The summed E-state index contributed by atoms with van der Waals surface area (Å²) in [5.41, 5.74) is 6.20. The Kier molecular flexibility index (Phi) is 6.17. The van der Waals surface area contributed by atoms with Crippen LogP contribution in [0.4, 0.5) is 5.69 Å². The topological polar surface area (TPSA) is 90.9 Å². The monoisotopic (exact) mass is 415 g/mol. The van der Waals surface area contributed by atoms with Crippen LogP contribution >= 0.6 is 24.0 Å². The Hall–Kier alpha value is -3.04. The molecule has 7 nitrogen and oxygen atoms in total. The van der Waals surface area contributed by atoms with E-state index >= 15 is 0 Å². The van der Waals surface area contributed by atoms with Crippen LogP contribution in [-0.2, 0) is 9.59 Å². The Morgan fingerprint density at radius 1 is 1.29 bits per heavy atom. The smallest absolute Gasteiger partial charge is 0.266 e. The molecule has 1 heterocycles. The van der Waals surface area contributed by atoms with Crippen molar-refractivity contribution in [3.8, 4) is 11.5 Å². The molecule has 2 amide bonds. The number of nitrogens with zero attached hydrogens (tertiary/aromatic N) is 1. The number of carbonyl (C=O) groups excluding carboxylic acids is 2. The van der Waals surface area contributed by atoms with Gasteiger partial charge in [-0.15, -0.1) is 0 Å². The fraction of sp³-hybridized carbons (Fsp3) is 0.105. The third-order valence-electron chi connectivity index (χ3n) is 3.81. The zero-order valence-electron chi connectivity index (χ0n) is 14.8. The van der Waals surface area contributed by atoms with Gasteiger partial charge in [-0.1, -0.05) is 48.2 Å². The minimum absolute atomic E-state index is 0.00497. The Balaban J connectivity index is 1.64. The molecule has 9 heteroatoms. The standard InChI is InChI=1S/C19H17N3O4S2/c1-26-13-6-4-5-12(9-13)10-16-18(25)22(19(27)28-16)11-17(24)21-20-14-7-2-3-8-15(14)23/h2-10,20,23H,11H2,1H3,(H,21,24). The fourth-order valence-corrected chi connectivity index (χ4v) is 3.67. The maximum absolute atomic E-state index is 12.6. The molecular weight excluding hydrogens is 398 g/mol. The number of phenols is 1. The number of para-hydroxylation sites is 2. The SMILES string of the molecule is COc1cccc(C=C2SC(=S)N(CC(=O)NNc3ccccc3O)C2=O)c1. The minimum atomic E-state index is -0.470. The summed E-state index contributed by atoms with van der Waals surface area (Å²) in [6.07, 6.45) is 1.71. The molecule has 2 aromatic carbocycles. The third kappa shape index (κ3) is 4.62. The zero-order valence-corrected chi connectivity index (χ0v) is 16.5. The number of anilines is 1. The van der Waals surface area contributed by atoms with Gasteiger partial charge in [-0.3, -0.25) is 25.3 Å². The molecule has 0 unspecified atom stereocenters. The average molecular weight is 415 g/mol. The van der Waals surface area contributed by atoms with Crippen molar-refractivity contribution in [3.05, 3.63) is 59.0 Å². The summed E-state index contributed by atoms with van der Waals surface area (Å²) in [7, 11) is 1.57. The summed E-state index contributed by atoms with van der Waals surface area (Å²) in [6, 6.07) is 13.7. The van der Waals surface area contributed by atoms with E-state index in [1.54, 1.807) is 37.5 Å². The first-order valence-corrected chi connectivity index (χ1v) is 9.42. The lowest BCUT2D eigenvalue weighted by atomic mass is 10.2. The Morgan fingerprint density at radius 2 is 2.07 bits per heavy atom. The molecule has 3 N–H and O–H groups in total. The molecule has 2 aromatic rings. The lowest BCUT2D eigenvalue weighted by molar-refractivity contribution is -0.128. The molecule has 0 radical (unpaired) electrons. The van der Waals surface area contributed by atoms with Crippen LogP contribution in [0, 0.1) is 0 Å². The number of amides is 2. The molecule has 1 fully saturated rings. The summed E-state index contributed by atoms with van der Waals surface area (Å²) >= 11 is 6.38. The highest BCUT2D eigenvalue weighted by molar-refractivity contribution is 8.26. The largest absolute Gasteiger partial charge is 0.506 e. The second-order valence-electron chi connectivity index (χ2n) is 5.73. The van der Waals surface area contributed by atoms with Gasteiger partial charge in [-0.2, -0.15) is 0 Å². The Morgan fingerprint density at radius 3 is 2.82 bits per heavy atom. The molecule has 1 aliphatic rings. The van der Waals surface area contributed by atoms with Crippen LogP contribution in [0.3, 0.4) is 0 Å². The molecule has 144 valence electrons. The molecule has 0 bridgehead atoms. The van der Waals surface area contributed by atoms with Crippen LogP contribution in [0.2, 0.25) is 0 Å². The van der Waals surface area contributed by atoms with Crippen LogP contribution < -0.4 is 15.6 Å². The van der Waals surface area contributed by atoms with Crippen LogP contribution in [0.15, 0.2) is 53.4 Å². The van der Waals surface area contributed by atoms with E-state index in [0.717, 1.165) is 17.3 Å². The summed E-state index contributed by atoms with van der Waals surface area (Å²) in [5, 5.41) is 9.69. The first-order valence-electron chi connectivity index (χ1n) is 8.20. The number of phenolic OH excluding ortho intramolecular Hbond substituents is 1. The van der Waals surface area contributed by atoms with Gasteiger partial charge in [0, 0.05) is 0 Å². The summed E-state index contributed by atoms with van der Waals surface area (Å²) in [4.78, 5) is 26.4. The highest BCUT2D eigenvalue weighted by Gasteiger charge is 2.33. The maximum atomic E-state index is 12.6. The second-order valence-corrected chi connectivity index (χ2v) is 7.41. The van der Waals surface area contributed by atoms with E-state index in [4.69, 9.17) is 17.0 Å². The van der Waals surface area contributed by atoms with Crippen molar-refractivity contribution in [2.75, 3.05) is 19.1 Å². The van der Waals surface area contributed by atoms with Gasteiger partial charge in [0.05, 0.1) is 17.7 Å². The van der Waals surface area contributed by atoms with Crippen molar-refractivity contribution in [3.63, 3.8) is 0 Å². The van der Waals surface area contributed by atoms with Crippen LogP contribution in [0.25, 0.3) is 6.08 Å². The fourth-order valence-electron chi connectivity index (χ4n) is 2.42. The molecule has 28 heavy (non-hydrogen) atoms. The van der Waals surface area contributed by atoms with Crippen LogP contribution in [0.1, 0.15) is 5.56 Å². The molecule has 0 aliphatic carbocycles. The quantitative estimate of drug-likeness (QED) is 0.289. The number of thioether (sulfide) groups is 1. The van der Waals surface area contributed by atoms with Crippen LogP contribution in [0.5, 0.6) is 11.5 Å². The number of nitrogens with one attached hydrogen (secondary N) is 2.